The molecule has 0 aliphatic carbocycles. The number of carbonyl (C=O) groups is 2. The van der Waals surface area contributed by atoms with Crippen molar-refractivity contribution in [2.24, 2.45) is 5.10 Å². The Hall–Kier alpha value is -3.15. The van der Waals surface area contributed by atoms with Crippen LogP contribution in [-0.4, -0.2) is 24.1 Å². The van der Waals surface area contributed by atoms with E-state index in [0.29, 0.717) is 5.69 Å². The summed E-state index contributed by atoms with van der Waals surface area (Å²) in [5, 5.41) is 6.41. The first-order chi connectivity index (χ1) is 12.5. The fraction of sp³-hybridized carbons (Fsp3) is 0.250. The van der Waals surface area contributed by atoms with Gasteiger partial charge in [-0.1, -0.05) is 25.1 Å². The third kappa shape index (κ3) is 5.73. The van der Waals surface area contributed by atoms with E-state index >= 15 is 0 Å². The fourth-order valence-corrected chi connectivity index (χ4v) is 2.25. The van der Waals surface area contributed by atoms with Crippen LogP contribution in [0.3, 0.4) is 0 Å². The van der Waals surface area contributed by atoms with Gasteiger partial charge in [-0.3, -0.25) is 9.59 Å². The number of hydrazone groups is 1. The van der Waals surface area contributed by atoms with Crippen molar-refractivity contribution in [2.45, 2.75) is 33.3 Å². The quantitative estimate of drug-likeness (QED) is 0.476. The van der Waals surface area contributed by atoms with Crippen molar-refractivity contribution in [1.82, 2.24) is 5.43 Å². The zero-order valence-electron chi connectivity index (χ0n) is 15.2. The number of amides is 2. The largest absolute Gasteiger partial charge is 0.491 e. The number of nitrogens with zero attached hydrogens (tertiary/aromatic N) is 1. The second-order valence-corrected chi connectivity index (χ2v) is 5.90. The minimum atomic E-state index is -0.827. The molecular weight excluding hydrogens is 330 g/mol. The Kier molecular flexibility index (Phi) is 6.91. The van der Waals surface area contributed by atoms with Crippen molar-refractivity contribution in [1.29, 1.82) is 0 Å². The maximum atomic E-state index is 12.0. The number of carbonyl (C=O) groups excluding carboxylic acids is 2. The van der Waals surface area contributed by atoms with Gasteiger partial charge < -0.3 is 10.1 Å². The van der Waals surface area contributed by atoms with E-state index in [2.05, 4.69) is 15.8 Å². The van der Waals surface area contributed by atoms with Gasteiger partial charge in [-0.25, -0.2) is 5.43 Å². The highest BCUT2D eigenvalue weighted by atomic mass is 16.5. The van der Waals surface area contributed by atoms with E-state index in [-0.39, 0.29) is 6.10 Å². The number of rotatable bonds is 6. The van der Waals surface area contributed by atoms with Crippen molar-refractivity contribution in [2.75, 3.05) is 5.32 Å². The van der Waals surface area contributed by atoms with E-state index in [0.717, 1.165) is 23.3 Å². The molecule has 0 spiro atoms. The van der Waals surface area contributed by atoms with Crippen molar-refractivity contribution < 1.29 is 14.3 Å². The number of ether oxygens (including phenoxy) is 1. The predicted molar refractivity (Wildman–Crippen MR) is 102 cm³/mol. The molecule has 0 aliphatic rings. The Morgan fingerprint density at radius 1 is 1.08 bits per heavy atom. The molecule has 2 amide bonds. The van der Waals surface area contributed by atoms with Gasteiger partial charge in [0.05, 0.1) is 12.3 Å². The Labute approximate surface area is 153 Å². The summed E-state index contributed by atoms with van der Waals surface area (Å²) in [7, 11) is 0. The molecule has 0 heterocycles. The molecule has 0 bridgehead atoms. The third-order valence-corrected chi connectivity index (χ3v) is 3.48. The number of para-hydroxylation sites is 1. The van der Waals surface area contributed by atoms with Crippen molar-refractivity contribution in [3.8, 4) is 5.75 Å². The van der Waals surface area contributed by atoms with E-state index in [1.165, 1.54) is 6.21 Å². The smallest absolute Gasteiger partial charge is 0.329 e. The molecule has 6 nitrogen and oxygen atoms in total. The minimum absolute atomic E-state index is 0.102. The van der Waals surface area contributed by atoms with Crippen LogP contribution < -0.4 is 15.5 Å². The SMILES string of the molecule is CCc1ccccc1NC(=O)C(=O)N/N=C\c1ccc(OC(C)C)cc1. The monoisotopic (exact) mass is 353 g/mol. The second kappa shape index (κ2) is 9.36. The van der Waals surface area contributed by atoms with Gasteiger partial charge in [0.1, 0.15) is 5.75 Å². The Morgan fingerprint density at radius 2 is 1.77 bits per heavy atom. The highest BCUT2D eigenvalue weighted by molar-refractivity contribution is 6.39. The zero-order valence-corrected chi connectivity index (χ0v) is 15.2. The van der Waals surface area contributed by atoms with E-state index in [1.807, 2.05) is 57.2 Å². The molecule has 136 valence electrons. The van der Waals surface area contributed by atoms with Crippen LogP contribution in [-0.2, 0) is 16.0 Å². The lowest BCUT2D eigenvalue weighted by Crippen LogP contribution is -2.32. The number of anilines is 1. The summed E-state index contributed by atoms with van der Waals surface area (Å²) in [6.45, 7) is 5.89. The Bertz CT molecular complexity index is 783. The summed E-state index contributed by atoms with van der Waals surface area (Å²) in [4.78, 5) is 23.8. The number of hydrogen-bond acceptors (Lipinski definition) is 4. The van der Waals surface area contributed by atoms with Crippen molar-refractivity contribution >= 4 is 23.7 Å². The van der Waals surface area contributed by atoms with Crippen LogP contribution in [0.5, 0.6) is 5.75 Å². The number of aryl methyl sites for hydroxylation is 1. The molecule has 0 unspecified atom stereocenters. The molecule has 2 N–H and O–H groups in total. The molecule has 2 rings (SSSR count). The molecule has 0 saturated heterocycles. The van der Waals surface area contributed by atoms with Gasteiger partial charge in [0.25, 0.3) is 0 Å². The van der Waals surface area contributed by atoms with Crippen LogP contribution in [0, 0.1) is 0 Å². The molecule has 0 aliphatic heterocycles. The molecule has 0 fully saturated rings. The lowest BCUT2D eigenvalue weighted by molar-refractivity contribution is -0.136. The van der Waals surface area contributed by atoms with Gasteiger partial charge in [-0.15, -0.1) is 0 Å². The van der Waals surface area contributed by atoms with E-state index in [4.69, 9.17) is 4.74 Å². The molecular formula is C20H23N3O3. The fourth-order valence-electron chi connectivity index (χ4n) is 2.25. The first-order valence-corrected chi connectivity index (χ1v) is 8.48. The molecule has 6 heteroatoms. The lowest BCUT2D eigenvalue weighted by atomic mass is 10.1. The number of nitrogens with one attached hydrogen (secondary N) is 2. The molecule has 0 atom stereocenters. The first-order valence-electron chi connectivity index (χ1n) is 8.48. The zero-order chi connectivity index (χ0) is 18.9. The summed E-state index contributed by atoms with van der Waals surface area (Å²) >= 11 is 0. The van der Waals surface area contributed by atoms with Crippen molar-refractivity contribution in [3.63, 3.8) is 0 Å². The molecule has 0 aromatic heterocycles. The van der Waals surface area contributed by atoms with Crippen LogP contribution in [0.15, 0.2) is 53.6 Å². The average Bonchev–Trinajstić information content (AvgIpc) is 2.63. The molecule has 26 heavy (non-hydrogen) atoms. The van der Waals surface area contributed by atoms with Gasteiger partial charge in [0, 0.05) is 5.69 Å². The topological polar surface area (TPSA) is 79.8 Å². The summed E-state index contributed by atoms with van der Waals surface area (Å²) in [5.41, 5.74) is 4.58. The summed E-state index contributed by atoms with van der Waals surface area (Å²) < 4.78 is 5.55. The molecule has 2 aromatic carbocycles. The second-order valence-electron chi connectivity index (χ2n) is 5.90. The third-order valence-electron chi connectivity index (χ3n) is 3.48. The van der Waals surface area contributed by atoms with E-state index in [9.17, 15) is 9.59 Å². The number of hydrogen-bond donors (Lipinski definition) is 2. The van der Waals surface area contributed by atoms with Gasteiger partial charge in [0.2, 0.25) is 0 Å². The normalized spacial score (nSPS) is 10.8. The Balaban J connectivity index is 1.89. The number of benzene rings is 2. The maximum Gasteiger partial charge on any atom is 0.329 e. The Morgan fingerprint density at radius 3 is 2.42 bits per heavy atom. The van der Waals surface area contributed by atoms with Gasteiger partial charge in [-0.2, -0.15) is 5.10 Å². The van der Waals surface area contributed by atoms with Gasteiger partial charge in [-0.05, 0) is 61.7 Å². The lowest BCUT2D eigenvalue weighted by Gasteiger charge is -2.09. The van der Waals surface area contributed by atoms with Crippen molar-refractivity contribution in [3.05, 3.63) is 59.7 Å². The molecule has 0 saturated carbocycles. The maximum absolute atomic E-state index is 12.0. The standard InChI is InChI=1S/C20H23N3O3/c1-4-16-7-5-6-8-18(16)22-19(24)20(25)23-21-13-15-9-11-17(12-10-15)26-14(2)3/h5-14H,4H2,1-3H3,(H,22,24)(H,23,25)/b21-13-. The van der Waals surface area contributed by atoms with Crippen LogP contribution in [0.1, 0.15) is 31.9 Å². The van der Waals surface area contributed by atoms with Crippen LogP contribution in [0.2, 0.25) is 0 Å². The van der Waals surface area contributed by atoms with Crippen LogP contribution in [0.25, 0.3) is 0 Å². The average molecular weight is 353 g/mol. The summed E-state index contributed by atoms with van der Waals surface area (Å²) in [5.74, 6) is -0.828. The van der Waals surface area contributed by atoms with Crippen LogP contribution in [0.4, 0.5) is 5.69 Å². The van der Waals surface area contributed by atoms with Gasteiger partial charge >= 0.3 is 11.8 Å². The summed E-state index contributed by atoms with van der Waals surface area (Å²) in [6.07, 6.45) is 2.32. The highest BCUT2D eigenvalue weighted by Gasteiger charge is 2.14. The van der Waals surface area contributed by atoms with E-state index in [1.54, 1.807) is 12.1 Å². The minimum Gasteiger partial charge on any atom is -0.491 e. The van der Waals surface area contributed by atoms with Gasteiger partial charge in [0.15, 0.2) is 0 Å². The first kappa shape index (κ1) is 19.2. The van der Waals surface area contributed by atoms with E-state index < -0.39 is 11.8 Å². The molecule has 0 radical (unpaired) electrons. The predicted octanol–water partition coefficient (Wildman–Crippen LogP) is 3.13. The summed E-state index contributed by atoms with van der Waals surface area (Å²) in [6, 6.07) is 14.6. The van der Waals surface area contributed by atoms with Crippen LogP contribution >= 0.6 is 0 Å². The highest BCUT2D eigenvalue weighted by Crippen LogP contribution is 2.15. The molecule has 2 aromatic rings.